The number of ether oxygens (including phenoxy) is 1. The zero-order chi connectivity index (χ0) is 11.4. The summed E-state index contributed by atoms with van der Waals surface area (Å²) in [5.41, 5.74) is 0.608. The minimum absolute atomic E-state index is 0.00647. The van der Waals surface area contributed by atoms with Crippen LogP contribution >= 0.6 is 11.6 Å². The highest BCUT2D eigenvalue weighted by Crippen LogP contribution is 2.26. The molecule has 0 aliphatic carbocycles. The van der Waals surface area contributed by atoms with Crippen LogP contribution in [0.2, 0.25) is 5.02 Å². The molecule has 1 unspecified atom stereocenters. The molecule has 1 atom stereocenters. The second-order valence-electron chi connectivity index (χ2n) is 3.54. The first-order valence-electron chi connectivity index (χ1n) is 5.01. The van der Waals surface area contributed by atoms with Gasteiger partial charge < -0.3 is 4.74 Å². The quantitative estimate of drug-likeness (QED) is 0.732. The second-order valence-corrected chi connectivity index (χ2v) is 3.95. The lowest BCUT2D eigenvalue weighted by Gasteiger charge is -2.14. The van der Waals surface area contributed by atoms with Crippen LogP contribution in [0.1, 0.15) is 37.6 Å². The Labute approximate surface area is 95.2 Å². The number of rotatable bonds is 4. The molecule has 0 aliphatic heterocycles. The summed E-state index contributed by atoms with van der Waals surface area (Å²) in [6, 6.07) is 5.11. The van der Waals surface area contributed by atoms with Crippen molar-refractivity contribution in [2.45, 2.75) is 33.3 Å². The lowest BCUT2D eigenvalue weighted by atomic mass is 10.1. The number of hydrogen-bond donors (Lipinski definition) is 0. The Morgan fingerprint density at radius 1 is 1.53 bits per heavy atom. The standard InChI is InChI=1S/C12H15ClO2/c1-4-8(2)15-12-6-5-10(9(3)14)7-11(12)13/h5-8H,4H2,1-3H3. The van der Waals surface area contributed by atoms with Gasteiger partial charge in [-0.2, -0.15) is 0 Å². The Hall–Kier alpha value is -1.02. The Balaban J connectivity index is 2.88. The summed E-state index contributed by atoms with van der Waals surface area (Å²) in [6.45, 7) is 5.54. The molecule has 0 aliphatic rings. The molecule has 0 N–H and O–H groups in total. The number of carbonyl (C=O) groups excluding carboxylic acids is 1. The van der Waals surface area contributed by atoms with Gasteiger partial charge >= 0.3 is 0 Å². The predicted octanol–water partition coefficient (Wildman–Crippen LogP) is 3.72. The van der Waals surface area contributed by atoms with Crippen molar-refractivity contribution in [3.05, 3.63) is 28.8 Å². The maximum absolute atomic E-state index is 11.1. The Kier molecular flexibility index (Phi) is 4.15. The van der Waals surface area contributed by atoms with Crippen LogP contribution in [-0.2, 0) is 0 Å². The number of hydrogen-bond acceptors (Lipinski definition) is 2. The van der Waals surface area contributed by atoms with Gasteiger partial charge in [0.05, 0.1) is 11.1 Å². The van der Waals surface area contributed by atoms with Crippen LogP contribution < -0.4 is 4.74 Å². The van der Waals surface area contributed by atoms with E-state index in [-0.39, 0.29) is 11.9 Å². The third-order valence-corrected chi connectivity index (χ3v) is 2.54. The van der Waals surface area contributed by atoms with E-state index in [1.807, 2.05) is 13.8 Å². The van der Waals surface area contributed by atoms with Gasteiger partial charge in [0.15, 0.2) is 5.78 Å². The molecular weight excluding hydrogens is 212 g/mol. The zero-order valence-corrected chi connectivity index (χ0v) is 9.97. The molecule has 15 heavy (non-hydrogen) atoms. The van der Waals surface area contributed by atoms with Crippen molar-refractivity contribution in [3.63, 3.8) is 0 Å². The van der Waals surface area contributed by atoms with Crippen LogP contribution in [0.4, 0.5) is 0 Å². The molecule has 0 aromatic heterocycles. The van der Waals surface area contributed by atoms with Gasteiger partial charge in [-0.15, -0.1) is 0 Å². The van der Waals surface area contributed by atoms with Crippen molar-refractivity contribution in [1.29, 1.82) is 0 Å². The van der Waals surface area contributed by atoms with Crippen LogP contribution in [0, 0.1) is 0 Å². The number of ketones is 1. The van der Waals surface area contributed by atoms with Gasteiger partial charge in [0, 0.05) is 5.56 Å². The molecule has 0 fully saturated rings. The molecule has 0 saturated carbocycles. The maximum Gasteiger partial charge on any atom is 0.159 e. The molecule has 0 radical (unpaired) electrons. The highest BCUT2D eigenvalue weighted by Gasteiger charge is 2.08. The smallest absolute Gasteiger partial charge is 0.159 e. The molecule has 1 aromatic carbocycles. The van der Waals surface area contributed by atoms with Crippen LogP contribution in [0.5, 0.6) is 5.75 Å². The van der Waals surface area contributed by atoms with Gasteiger partial charge in [0.2, 0.25) is 0 Å². The minimum Gasteiger partial charge on any atom is -0.489 e. The summed E-state index contributed by atoms with van der Waals surface area (Å²) in [4.78, 5) is 11.1. The predicted molar refractivity (Wildman–Crippen MR) is 61.8 cm³/mol. The average Bonchev–Trinajstić information content (AvgIpc) is 2.20. The lowest BCUT2D eigenvalue weighted by molar-refractivity contribution is 0.101. The molecule has 0 amide bonds. The van der Waals surface area contributed by atoms with Gasteiger partial charge in [-0.1, -0.05) is 18.5 Å². The summed E-state index contributed by atoms with van der Waals surface area (Å²) in [7, 11) is 0. The van der Waals surface area contributed by atoms with Crippen molar-refractivity contribution in [2.75, 3.05) is 0 Å². The zero-order valence-electron chi connectivity index (χ0n) is 9.21. The van der Waals surface area contributed by atoms with Crippen molar-refractivity contribution < 1.29 is 9.53 Å². The van der Waals surface area contributed by atoms with Gasteiger partial charge in [-0.05, 0) is 38.5 Å². The van der Waals surface area contributed by atoms with Crippen LogP contribution in [0.15, 0.2) is 18.2 Å². The third-order valence-electron chi connectivity index (χ3n) is 2.24. The summed E-state index contributed by atoms with van der Waals surface area (Å²) >= 11 is 6.00. The third kappa shape index (κ3) is 3.24. The maximum atomic E-state index is 11.1. The Morgan fingerprint density at radius 3 is 2.67 bits per heavy atom. The monoisotopic (exact) mass is 226 g/mol. The van der Waals surface area contributed by atoms with Crippen molar-refractivity contribution >= 4 is 17.4 Å². The summed E-state index contributed by atoms with van der Waals surface area (Å²) in [5.74, 6) is 0.642. The van der Waals surface area contributed by atoms with Crippen molar-refractivity contribution in [1.82, 2.24) is 0 Å². The first kappa shape index (κ1) is 12.1. The molecule has 1 aromatic rings. The van der Waals surface area contributed by atoms with Crippen molar-refractivity contribution in [3.8, 4) is 5.75 Å². The van der Waals surface area contributed by atoms with E-state index in [1.54, 1.807) is 18.2 Å². The molecule has 0 saturated heterocycles. The summed E-state index contributed by atoms with van der Waals surface area (Å²) < 4.78 is 5.59. The largest absolute Gasteiger partial charge is 0.489 e. The van der Waals surface area contributed by atoms with Crippen LogP contribution in [0.25, 0.3) is 0 Å². The molecule has 3 heteroatoms. The van der Waals surface area contributed by atoms with E-state index in [0.29, 0.717) is 16.3 Å². The minimum atomic E-state index is 0.00647. The first-order chi connectivity index (χ1) is 7.04. The fraction of sp³-hybridized carbons (Fsp3) is 0.417. The summed E-state index contributed by atoms with van der Waals surface area (Å²) in [5, 5.41) is 0.489. The number of halogens is 1. The molecule has 0 spiro atoms. The van der Waals surface area contributed by atoms with Crippen LogP contribution in [-0.4, -0.2) is 11.9 Å². The number of carbonyl (C=O) groups is 1. The highest BCUT2D eigenvalue weighted by molar-refractivity contribution is 6.32. The Bertz CT molecular complexity index is 361. The number of Topliss-reactive ketones (excluding diaryl/α,β-unsaturated/α-hetero) is 1. The van der Waals surface area contributed by atoms with E-state index in [4.69, 9.17) is 16.3 Å². The highest BCUT2D eigenvalue weighted by atomic mass is 35.5. The first-order valence-corrected chi connectivity index (χ1v) is 5.39. The lowest BCUT2D eigenvalue weighted by Crippen LogP contribution is -2.10. The SMILES string of the molecule is CCC(C)Oc1ccc(C(C)=O)cc1Cl. The van der Waals surface area contributed by atoms with Crippen molar-refractivity contribution in [2.24, 2.45) is 0 Å². The van der Waals surface area contributed by atoms with Gasteiger partial charge in [-0.25, -0.2) is 0 Å². The number of benzene rings is 1. The van der Waals surface area contributed by atoms with E-state index in [2.05, 4.69) is 0 Å². The molecule has 1 rings (SSSR count). The fourth-order valence-electron chi connectivity index (χ4n) is 1.12. The van der Waals surface area contributed by atoms with Gasteiger partial charge in [0.25, 0.3) is 0 Å². The summed E-state index contributed by atoms with van der Waals surface area (Å²) in [6.07, 6.45) is 1.05. The normalized spacial score (nSPS) is 12.3. The van der Waals surface area contributed by atoms with Gasteiger partial charge in [-0.3, -0.25) is 4.79 Å². The van der Waals surface area contributed by atoms with Crippen LogP contribution in [0.3, 0.4) is 0 Å². The van der Waals surface area contributed by atoms with E-state index in [9.17, 15) is 4.79 Å². The molecular formula is C12H15ClO2. The van der Waals surface area contributed by atoms with E-state index in [0.717, 1.165) is 6.42 Å². The van der Waals surface area contributed by atoms with E-state index >= 15 is 0 Å². The van der Waals surface area contributed by atoms with Gasteiger partial charge in [0.1, 0.15) is 5.75 Å². The topological polar surface area (TPSA) is 26.3 Å². The molecule has 2 nitrogen and oxygen atoms in total. The average molecular weight is 227 g/mol. The fourth-order valence-corrected chi connectivity index (χ4v) is 1.34. The molecule has 0 bridgehead atoms. The molecule has 0 heterocycles. The van der Waals surface area contributed by atoms with E-state index in [1.165, 1.54) is 6.92 Å². The van der Waals surface area contributed by atoms with E-state index < -0.39 is 0 Å². The Morgan fingerprint density at radius 2 is 2.20 bits per heavy atom. The second kappa shape index (κ2) is 5.17. The molecule has 82 valence electrons.